The maximum absolute atomic E-state index is 11.8. The highest BCUT2D eigenvalue weighted by molar-refractivity contribution is 7.89. The number of aryl methyl sites for hydroxylation is 2. The molecule has 0 amide bonds. The second-order valence-corrected chi connectivity index (χ2v) is 5.50. The van der Waals surface area contributed by atoms with Crippen molar-refractivity contribution in [1.29, 1.82) is 0 Å². The van der Waals surface area contributed by atoms with Gasteiger partial charge in [0.25, 0.3) is 0 Å². The van der Waals surface area contributed by atoms with Gasteiger partial charge >= 0.3 is 0 Å². The summed E-state index contributed by atoms with van der Waals surface area (Å²) in [6, 6.07) is 0. The molecule has 0 aliphatic rings. The van der Waals surface area contributed by atoms with E-state index in [1.54, 1.807) is 14.1 Å². The van der Waals surface area contributed by atoms with Gasteiger partial charge in [-0.2, -0.15) is 9.50 Å². The summed E-state index contributed by atoms with van der Waals surface area (Å²) in [7, 11) is -0.421. The first-order chi connectivity index (χ1) is 8.28. The van der Waals surface area contributed by atoms with E-state index in [1.807, 2.05) is 0 Å². The Morgan fingerprint density at radius 2 is 2.22 bits per heavy atom. The van der Waals surface area contributed by atoms with Crippen molar-refractivity contribution >= 4 is 27.0 Å². The lowest BCUT2D eigenvalue weighted by molar-refractivity contribution is -0.728. The van der Waals surface area contributed by atoms with Crippen LogP contribution in [0, 0.1) is 0 Å². The molecule has 0 bridgehead atoms. The Morgan fingerprint density at radius 1 is 1.56 bits per heavy atom. The van der Waals surface area contributed by atoms with Gasteiger partial charge in [0, 0.05) is 18.0 Å². The third-order valence-corrected chi connectivity index (χ3v) is 2.74. The molecule has 0 aliphatic heterocycles. The van der Waals surface area contributed by atoms with Crippen LogP contribution in [0.3, 0.4) is 0 Å². The number of sulfonamides is 1. The minimum atomic E-state index is -3.73. The van der Waals surface area contributed by atoms with Crippen LogP contribution in [0.4, 0.5) is 0 Å². The number of fused-ring (bicyclic) bond motifs is 1. The summed E-state index contributed by atoms with van der Waals surface area (Å²) in [6.07, 6.45) is 3.74. The molecule has 2 aromatic rings. The van der Waals surface area contributed by atoms with Gasteiger partial charge in [-0.3, -0.25) is 0 Å². The monoisotopic (exact) mass is 269 g/mol. The summed E-state index contributed by atoms with van der Waals surface area (Å²) >= 11 is 0. The Bertz CT molecular complexity index is 747. The van der Waals surface area contributed by atoms with Gasteiger partial charge in [-0.15, -0.1) is 0 Å². The van der Waals surface area contributed by atoms with Crippen molar-refractivity contribution < 1.29 is 18.2 Å². The molecule has 0 fully saturated rings. The molecule has 18 heavy (non-hydrogen) atoms. The zero-order valence-electron chi connectivity index (χ0n) is 10.0. The first kappa shape index (κ1) is 12.4. The fourth-order valence-corrected chi connectivity index (χ4v) is 1.94. The minimum absolute atomic E-state index is 0.154. The van der Waals surface area contributed by atoms with Gasteiger partial charge in [0.05, 0.1) is 23.4 Å². The summed E-state index contributed by atoms with van der Waals surface area (Å²) in [6.45, 7) is 0. The Kier molecular flexibility index (Phi) is 2.77. The van der Waals surface area contributed by atoms with Gasteiger partial charge in [0.1, 0.15) is 0 Å². The van der Waals surface area contributed by atoms with E-state index in [4.69, 9.17) is 0 Å². The Labute approximate surface area is 103 Å². The van der Waals surface area contributed by atoms with Crippen molar-refractivity contribution in [2.75, 3.05) is 6.26 Å². The molecular weight excluding hydrogens is 258 g/mol. The molecule has 9 heteroatoms. The van der Waals surface area contributed by atoms with Crippen molar-refractivity contribution in [1.82, 2.24) is 14.9 Å². The predicted molar refractivity (Wildman–Crippen MR) is 61.1 cm³/mol. The first-order valence-electron chi connectivity index (χ1n) is 4.94. The van der Waals surface area contributed by atoms with Crippen molar-refractivity contribution in [2.24, 2.45) is 18.5 Å². The average molecular weight is 269 g/mol. The number of hydrogen-bond acceptors (Lipinski definition) is 5. The standard InChI is InChI=1S/C9H11N5O3S/c1-13-5-7(9(15)12-18(3,16)17)6-4-10-14(2)8(6)11-13/h4-5H,1-3H3. The molecule has 0 saturated heterocycles. The maximum atomic E-state index is 11.8. The molecule has 2 heterocycles. The predicted octanol–water partition coefficient (Wildman–Crippen LogP) is -2.14. The molecule has 0 unspecified atom stereocenters. The number of hydrogen-bond donors (Lipinski definition) is 0. The molecule has 0 radical (unpaired) electrons. The largest absolute Gasteiger partial charge is 0.857 e. The Morgan fingerprint density at radius 3 is 2.83 bits per heavy atom. The third kappa shape index (κ3) is 2.30. The SMILES string of the molecule is Cn1ncc2c(/C([O-])=N/S(C)(=O)=O)c[n+](C)nc21. The second kappa shape index (κ2) is 4.02. The quantitative estimate of drug-likeness (QED) is 0.351. The summed E-state index contributed by atoms with van der Waals surface area (Å²) in [4.78, 5) is 0. The van der Waals surface area contributed by atoms with Crippen LogP contribution < -0.4 is 9.79 Å². The molecule has 0 aromatic carbocycles. The third-order valence-electron chi connectivity index (χ3n) is 2.25. The average Bonchev–Trinajstić information content (AvgIpc) is 2.57. The fourth-order valence-electron chi connectivity index (χ4n) is 1.54. The molecule has 0 aliphatic carbocycles. The zero-order chi connectivity index (χ0) is 13.5. The van der Waals surface area contributed by atoms with Crippen molar-refractivity contribution in [3.05, 3.63) is 18.0 Å². The summed E-state index contributed by atoms with van der Waals surface area (Å²) in [5.41, 5.74) is 0.632. The lowest BCUT2D eigenvalue weighted by atomic mass is 10.2. The second-order valence-electron chi connectivity index (χ2n) is 3.85. The number of nitrogens with zero attached hydrogens (tertiary/aromatic N) is 5. The van der Waals surface area contributed by atoms with Crippen LogP contribution in [0.25, 0.3) is 11.0 Å². The molecule has 0 saturated carbocycles. The van der Waals surface area contributed by atoms with E-state index < -0.39 is 15.9 Å². The van der Waals surface area contributed by atoms with E-state index in [1.165, 1.54) is 21.8 Å². The van der Waals surface area contributed by atoms with E-state index in [9.17, 15) is 13.5 Å². The molecule has 2 aromatic heterocycles. The van der Waals surface area contributed by atoms with Crippen molar-refractivity contribution in [3.63, 3.8) is 0 Å². The van der Waals surface area contributed by atoms with Gasteiger partial charge in [0.15, 0.2) is 7.05 Å². The van der Waals surface area contributed by atoms with Crippen LogP contribution in [-0.4, -0.2) is 35.5 Å². The lowest BCUT2D eigenvalue weighted by Gasteiger charge is -2.08. The molecule has 96 valence electrons. The van der Waals surface area contributed by atoms with Gasteiger partial charge in [-0.05, 0) is 0 Å². The summed E-state index contributed by atoms with van der Waals surface area (Å²) in [5, 5.41) is 20.4. The molecule has 0 spiro atoms. The molecule has 8 nitrogen and oxygen atoms in total. The molecule has 2 rings (SSSR count). The zero-order valence-corrected chi connectivity index (χ0v) is 10.8. The van der Waals surface area contributed by atoms with Crippen LogP contribution in [0.15, 0.2) is 16.8 Å². The molecule has 0 N–H and O–H groups in total. The van der Waals surface area contributed by atoms with Crippen LogP contribution in [0.1, 0.15) is 5.56 Å². The van der Waals surface area contributed by atoms with Crippen LogP contribution in [-0.2, 0) is 24.1 Å². The van der Waals surface area contributed by atoms with E-state index in [0.717, 1.165) is 6.26 Å². The number of rotatable bonds is 2. The topological polar surface area (TPSA) is 104 Å². The maximum Gasteiger partial charge on any atom is 0.249 e. The number of aromatic nitrogens is 4. The van der Waals surface area contributed by atoms with Gasteiger partial charge in [0.2, 0.25) is 21.9 Å². The Balaban J connectivity index is 2.75. The van der Waals surface area contributed by atoms with Crippen LogP contribution in [0.5, 0.6) is 0 Å². The van der Waals surface area contributed by atoms with Gasteiger partial charge < -0.3 is 5.11 Å². The van der Waals surface area contributed by atoms with E-state index in [0.29, 0.717) is 11.0 Å². The van der Waals surface area contributed by atoms with E-state index >= 15 is 0 Å². The smallest absolute Gasteiger partial charge is 0.249 e. The van der Waals surface area contributed by atoms with Gasteiger partial charge in [-0.1, -0.05) is 4.68 Å². The van der Waals surface area contributed by atoms with Crippen molar-refractivity contribution in [3.8, 4) is 0 Å². The van der Waals surface area contributed by atoms with Crippen LogP contribution >= 0.6 is 0 Å². The summed E-state index contributed by atoms with van der Waals surface area (Å²) in [5.74, 6) is -0.825. The highest BCUT2D eigenvalue weighted by atomic mass is 32.2. The van der Waals surface area contributed by atoms with E-state index in [-0.39, 0.29) is 5.56 Å². The highest BCUT2D eigenvalue weighted by Gasteiger charge is 2.14. The Hall–Kier alpha value is -2.03. The molecular formula is C9H11N5O3S. The molecule has 0 atom stereocenters. The normalized spacial score (nSPS) is 13.2. The van der Waals surface area contributed by atoms with E-state index in [2.05, 4.69) is 14.6 Å². The fraction of sp³-hybridized carbons (Fsp3) is 0.333. The lowest BCUT2D eigenvalue weighted by Crippen LogP contribution is -2.35. The minimum Gasteiger partial charge on any atom is -0.857 e. The van der Waals surface area contributed by atoms with Crippen LogP contribution in [0.2, 0.25) is 0 Å². The van der Waals surface area contributed by atoms with Gasteiger partial charge in [-0.25, -0.2) is 13.1 Å². The highest BCUT2D eigenvalue weighted by Crippen LogP contribution is 2.13. The first-order valence-corrected chi connectivity index (χ1v) is 6.79. The summed E-state index contributed by atoms with van der Waals surface area (Å²) < 4.78 is 28.1. The van der Waals surface area contributed by atoms with Crippen molar-refractivity contribution in [2.45, 2.75) is 0 Å².